The van der Waals surface area contributed by atoms with Gasteiger partial charge in [0, 0.05) is 58.0 Å². The third-order valence-corrected chi connectivity index (χ3v) is 6.81. The van der Waals surface area contributed by atoms with E-state index in [1.807, 2.05) is 67.8 Å². The van der Waals surface area contributed by atoms with Gasteiger partial charge in [-0.1, -0.05) is 24.3 Å². The number of nitrogens with two attached hydrogens (primary N) is 1. The highest BCUT2D eigenvalue weighted by Gasteiger charge is 2.27. The molecule has 0 aliphatic carbocycles. The van der Waals surface area contributed by atoms with E-state index in [1.165, 1.54) is 10.9 Å². The monoisotopic (exact) mass is 489 g/mol. The van der Waals surface area contributed by atoms with Crippen molar-refractivity contribution in [2.24, 2.45) is 5.73 Å². The van der Waals surface area contributed by atoms with Crippen molar-refractivity contribution >= 4 is 33.6 Å². The SMILES string of the molecule is CC(=C1C(=O)Nc2ccc(-c3cncc(OC[C@@H](N)Cc4c[nH]c5ccccc45)c3)cc21)c1ccc[nH]1. The summed E-state index contributed by atoms with van der Waals surface area (Å²) >= 11 is 0. The molecule has 7 heteroatoms. The minimum absolute atomic E-state index is 0.0985. The van der Waals surface area contributed by atoms with Crippen LogP contribution in [0.15, 0.2) is 85.5 Å². The van der Waals surface area contributed by atoms with E-state index in [0.29, 0.717) is 24.4 Å². The summed E-state index contributed by atoms with van der Waals surface area (Å²) < 4.78 is 6.03. The normalized spacial score (nSPS) is 14.9. The first-order valence-corrected chi connectivity index (χ1v) is 12.3. The lowest BCUT2D eigenvalue weighted by Gasteiger charge is -2.14. The summed E-state index contributed by atoms with van der Waals surface area (Å²) in [6.45, 7) is 2.33. The van der Waals surface area contributed by atoms with Gasteiger partial charge in [0.25, 0.3) is 5.91 Å². The van der Waals surface area contributed by atoms with Crippen LogP contribution in [0.2, 0.25) is 0 Å². The Labute approximate surface area is 214 Å². The van der Waals surface area contributed by atoms with E-state index >= 15 is 0 Å². The molecule has 4 heterocycles. The third kappa shape index (κ3) is 4.41. The fourth-order valence-electron chi connectivity index (χ4n) is 4.92. The van der Waals surface area contributed by atoms with Crippen molar-refractivity contribution in [2.45, 2.75) is 19.4 Å². The van der Waals surface area contributed by atoms with E-state index < -0.39 is 0 Å². The molecule has 1 amide bonds. The molecule has 3 aromatic heterocycles. The number of allylic oxidation sites excluding steroid dienone is 1. The van der Waals surface area contributed by atoms with Gasteiger partial charge in [-0.25, -0.2) is 0 Å². The molecule has 37 heavy (non-hydrogen) atoms. The number of rotatable bonds is 7. The van der Waals surface area contributed by atoms with Crippen LogP contribution in [0, 0.1) is 0 Å². The molecule has 0 unspecified atom stereocenters. The van der Waals surface area contributed by atoms with Gasteiger partial charge < -0.3 is 25.8 Å². The van der Waals surface area contributed by atoms with Crippen LogP contribution >= 0.6 is 0 Å². The van der Waals surface area contributed by atoms with Gasteiger partial charge in [-0.05, 0) is 66.4 Å². The van der Waals surface area contributed by atoms with Crippen molar-refractivity contribution in [1.29, 1.82) is 0 Å². The Hall–Kier alpha value is -4.62. The van der Waals surface area contributed by atoms with Crippen molar-refractivity contribution in [3.05, 3.63) is 102 Å². The Kier molecular flexibility index (Phi) is 5.82. The zero-order chi connectivity index (χ0) is 25.4. The number of hydrogen-bond acceptors (Lipinski definition) is 4. The van der Waals surface area contributed by atoms with Gasteiger partial charge in [0.2, 0.25) is 0 Å². The highest BCUT2D eigenvalue weighted by molar-refractivity contribution is 6.36. The Morgan fingerprint density at radius 3 is 2.78 bits per heavy atom. The number of hydrogen-bond donors (Lipinski definition) is 4. The number of ether oxygens (including phenoxy) is 1. The number of para-hydroxylation sites is 1. The molecule has 6 rings (SSSR count). The van der Waals surface area contributed by atoms with Gasteiger partial charge in [0.15, 0.2) is 0 Å². The van der Waals surface area contributed by atoms with E-state index in [9.17, 15) is 4.79 Å². The number of aromatic amines is 2. The second kappa shape index (κ2) is 9.44. The van der Waals surface area contributed by atoms with Crippen LogP contribution in [0.3, 0.4) is 0 Å². The van der Waals surface area contributed by atoms with Crippen LogP contribution in [-0.2, 0) is 11.2 Å². The zero-order valence-electron chi connectivity index (χ0n) is 20.4. The van der Waals surface area contributed by atoms with Crippen molar-refractivity contribution < 1.29 is 9.53 Å². The molecular weight excluding hydrogens is 462 g/mol. The number of carbonyl (C=O) groups excluding carboxylic acids is 1. The van der Waals surface area contributed by atoms with E-state index in [4.69, 9.17) is 10.5 Å². The predicted molar refractivity (Wildman–Crippen MR) is 147 cm³/mol. The number of amides is 1. The first-order valence-electron chi connectivity index (χ1n) is 12.3. The highest BCUT2D eigenvalue weighted by Crippen LogP contribution is 2.39. The fraction of sp³-hybridized carbons (Fsp3) is 0.133. The molecule has 5 aromatic rings. The number of carbonyl (C=O) groups is 1. The van der Waals surface area contributed by atoms with Crippen LogP contribution in [0.25, 0.3) is 33.2 Å². The third-order valence-electron chi connectivity index (χ3n) is 6.81. The first kappa shape index (κ1) is 22.8. The largest absolute Gasteiger partial charge is 0.490 e. The molecular formula is C30H27N5O2. The van der Waals surface area contributed by atoms with Gasteiger partial charge in [-0.15, -0.1) is 0 Å². The van der Waals surface area contributed by atoms with Crippen molar-refractivity contribution in [2.75, 3.05) is 11.9 Å². The Morgan fingerprint density at radius 1 is 1.03 bits per heavy atom. The molecule has 0 fully saturated rings. The lowest BCUT2D eigenvalue weighted by molar-refractivity contribution is -0.110. The maximum absolute atomic E-state index is 12.8. The summed E-state index contributed by atoms with van der Waals surface area (Å²) in [5, 5.41) is 4.16. The van der Waals surface area contributed by atoms with Gasteiger partial charge in [0.05, 0.1) is 11.8 Å². The van der Waals surface area contributed by atoms with Gasteiger partial charge in [-0.3, -0.25) is 9.78 Å². The molecule has 0 spiro atoms. The lowest BCUT2D eigenvalue weighted by atomic mass is 9.96. The predicted octanol–water partition coefficient (Wildman–Crippen LogP) is 5.39. The first-order chi connectivity index (χ1) is 18.1. The van der Waals surface area contributed by atoms with Crippen LogP contribution in [0.4, 0.5) is 5.69 Å². The number of anilines is 1. The number of H-pyrrole nitrogens is 2. The molecule has 5 N–H and O–H groups in total. The molecule has 2 aromatic carbocycles. The highest BCUT2D eigenvalue weighted by atomic mass is 16.5. The minimum atomic E-state index is -0.163. The van der Waals surface area contributed by atoms with Gasteiger partial charge >= 0.3 is 0 Å². The summed E-state index contributed by atoms with van der Waals surface area (Å²) in [4.78, 5) is 23.6. The lowest BCUT2D eigenvalue weighted by Crippen LogP contribution is -2.30. The van der Waals surface area contributed by atoms with Crippen molar-refractivity contribution in [3.8, 4) is 16.9 Å². The number of aromatic nitrogens is 3. The molecule has 1 atom stereocenters. The maximum atomic E-state index is 12.8. The van der Waals surface area contributed by atoms with Gasteiger partial charge in [0.1, 0.15) is 12.4 Å². The van der Waals surface area contributed by atoms with Crippen LogP contribution in [-0.4, -0.2) is 33.5 Å². The smallest absolute Gasteiger partial charge is 0.256 e. The van der Waals surface area contributed by atoms with Gasteiger partial charge in [-0.2, -0.15) is 0 Å². The molecule has 1 aliphatic heterocycles. The summed E-state index contributed by atoms with van der Waals surface area (Å²) in [6, 6.07) is 19.8. The number of pyridine rings is 1. The minimum Gasteiger partial charge on any atom is -0.490 e. The van der Waals surface area contributed by atoms with E-state index in [1.54, 1.807) is 12.4 Å². The van der Waals surface area contributed by atoms with Crippen molar-refractivity contribution in [3.63, 3.8) is 0 Å². The fourth-order valence-corrected chi connectivity index (χ4v) is 4.92. The summed E-state index contributed by atoms with van der Waals surface area (Å²) in [5.41, 5.74) is 14.7. The average Bonchev–Trinajstić information content (AvgIpc) is 3.66. The number of benzene rings is 2. The molecule has 1 aliphatic rings. The molecule has 7 nitrogen and oxygen atoms in total. The Balaban J connectivity index is 1.20. The standard InChI is InChI=1S/C30H27N5O2/c1-18(26-7-4-10-33-26)29-25-13-19(8-9-28(25)35-30(29)36)20-12-23(16-32-14-20)37-17-22(31)11-21-15-34-27-6-3-2-5-24(21)27/h2-10,12-16,22,33-34H,11,17,31H2,1H3,(H,35,36)/t22-/m0/s1. The second-order valence-corrected chi connectivity index (χ2v) is 9.34. The van der Waals surface area contributed by atoms with Crippen molar-refractivity contribution in [1.82, 2.24) is 15.0 Å². The number of nitrogens with one attached hydrogen (secondary N) is 3. The van der Waals surface area contributed by atoms with E-state index in [-0.39, 0.29) is 11.9 Å². The summed E-state index contributed by atoms with van der Waals surface area (Å²) in [5.74, 6) is 0.554. The van der Waals surface area contributed by atoms with E-state index in [0.717, 1.165) is 39.2 Å². The zero-order valence-corrected chi connectivity index (χ0v) is 20.4. The number of nitrogens with zero attached hydrogens (tertiary/aromatic N) is 1. The number of fused-ring (bicyclic) bond motifs is 2. The molecule has 0 radical (unpaired) electrons. The topological polar surface area (TPSA) is 109 Å². The molecule has 184 valence electrons. The van der Waals surface area contributed by atoms with E-state index in [2.05, 4.69) is 32.4 Å². The quantitative estimate of drug-likeness (QED) is 0.230. The van der Waals surface area contributed by atoms with Crippen LogP contribution in [0.1, 0.15) is 23.7 Å². The molecule has 0 saturated carbocycles. The Morgan fingerprint density at radius 2 is 1.92 bits per heavy atom. The second-order valence-electron chi connectivity index (χ2n) is 9.34. The Bertz CT molecular complexity index is 1630. The summed E-state index contributed by atoms with van der Waals surface area (Å²) in [7, 11) is 0. The van der Waals surface area contributed by atoms with Crippen LogP contribution < -0.4 is 15.8 Å². The van der Waals surface area contributed by atoms with Crippen LogP contribution in [0.5, 0.6) is 5.75 Å². The maximum Gasteiger partial charge on any atom is 0.256 e. The molecule has 0 saturated heterocycles. The average molecular weight is 490 g/mol. The molecule has 0 bridgehead atoms. The summed E-state index contributed by atoms with van der Waals surface area (Å²) in [6.07, 6.45) is 8.07.